The number of urea groups is 1. The topological polar surface area (TPSA) is 149 Å². The number of carboxylic acid groups (broad SMARTS) is 1. The maximum absolute atomic E-state index is 12.1. The minimum absolute atomic E-state index is 0.166. The van der Waals surface area contributed by atoms with Crippen molar-refractivity contribution < 1.29 is 24.2 Å². The molecule has 26 heavy (non-hydrogen) atoms. The molecule has 1 heterocycles. The molecule has 0 aromatic heterocycles. The molecule has 1 aliphatic rings. The van der Waals surface area contributed by atoms with Crippen LogP contribution in [-0.4, -0.2) is 71.1 Å². The van der Waals surface area contributed by atoms with E-state index in [1.807, 2.05) is 30.3 Å². The number of aliphatic carboxylic acids is 1. The summed E-state index contributed by atoms with van der Waals surface area (Å²) in [4.78, 5) is 37.9. The molecule has 1 aromatic carbocycles. The van der Waals surface area contributed by atoms with Gasteiger partial charge in [-0.25, -0.2) is 14.4 Å². The van der Waals surface area contributed by atoms with E-state index in [0.29, 0.717) is 0 Å². The number of carbonyl (C=O) groups excluding carboxylic acids is 2. The van der Waals surface area contributed by atoms with Crippen molar-refractivity contribution in [3.8, 4) is 0 Å². The van der Waals surface area contributed by atoms with E-state index < -0.39 is 30.0 Å². The number of nitrogens with one attached hydrogen (secondary N) is 2. The zero-order valence-corrected chi connectivity index (χ0v) is 14.1. The number of hydrogen-bond donors (Lipinski definition) is 4. The van der Waals surface area contributed by atoms with Gasteiger partial charge in [-0.2, -0.15) is 0 Å². The zero-order valence-electron chi connectivity index (χ0n) is 14.1. The van der Waals surface area contributed by atoms with E-state index in [-0.39, 0.29) is 32.8 Å². The third kappa shape index (κ3) is 5.10. The zero-order chi connectivity index (χ0) is 19.1. The SMILES string of the molecule is N=C(N)C(NC(=O)N1CCN(C(=O)OCc2ccccc2)CC1)C(=O)O. The molecule has 1 fully saturated rings. The van der Waals surface area contributed by atoms with Crippen molar-refractivity contribution >= 4 is 23.9 Å². The average Bonchev–Trinajstić information content (AvgIpc) is 2.64. The van der Waals surface area contributed by atoms with Gasteiger partial charge in [-0.15, -0.1) is 0 Å². The summed E-state index contributed by atoms with van der Waals surface area (Å²) in [5, 5.41) is 18.3. The Bertz CT molecular complexity index is 659. The number of benzene rings is 1. The lowest BCUT2D eigenvalue weighted by molar-refractivity contribution is -0.137. The third-order valence-corrected chi connectivity index (χ3v) is 3.86. The Balaban J connectivity index is 1.79. The molecule has 0 bridgehead atoms. The molecule has 1 saturated heterocycles. The lowest BCUT2D eigenvalue weighted by atomic mass is 10.2. The molecule has 0 aliphatic carbocycles. The molecule has 1 aliphatic heterocycles. The summed E-state index contributed by atoms with van der Waals surface area (Å²) in [6.07, 6.45) is -0.471. The van der Waals surface area contributed by atoms with Crippen LogP contribution < -0.4 is 11.1 Å². The van der Waals surface area contributed by atoms with Gasteiger partial charge in [-0.1, -0.05) is 30.3 Å². The molecule has 5 N–H and O–H groups in total. The van der Waals surface area contributed by atoms with E-state index in [4.69, 9.17) is 21.0 Å². The first-order valence-electron chi connectivity index (χ1n) is 7.96. The molecule has 140 valence electrons. The summed E-state index contributed by atoms with van der Waals surface area (Å²) in [6.45, 7) is 1.13. The highest BCUT2D eigenvalue weighted by Crippen LogP contribution is 2.07. The van der Waals surface area contributed by atoms with E-state index in [9.17, 15) is 14.4 Å². The van der Waals surface area contributed by atoms with Gasteiger partial charge in [0.05, 0.1) is 0 Å². The lowest BCUT2D eigenvalue weighted by Gasteiger charge is -2.34. The number of carboxylic acids is 1. The van der Waals surface area contributed by atoms with Crippen LogP contribution in [0.3, 0.4) is 0 Å². The molecule has 2 rings (SSSR count). The molecule has 10 heteroatoms. The second-order valence-electron chi connectivity index (χ2n) is 5.69. The number of rotatable bonds is 5. The van der Waals surface area contributed by atoms with Crippen LogP contribution in [0.1, 0.15) is 5.56 Å². The number of nitrogens with two attached hydrogens (primary N) is 1. The summed E-state index contributed by atoms with van der Waals surface area (Å²) in [5.74, 6) is -2.07. The second kappa shape index (κ2) is 8.70. The van der Waals surface area contributed by atoms with Crippen molar-refractivity contribution in [2.45, 2.75) is 12.6 Å². The Hall–Kier alpha value is -3.30. The predicted molar refractivity (Wildman–Crippen MR) is 91.6 cm³/mol. The minimum atomic E-state index is -1.57. The van der Waals surface area contributed by atoms with Crippen LogP contribution in [0, 0.1) is 5.41 Å². The first-order valence-corrected chi connectivity index (χ1v) is 7.96. The maximum atomic E-state index is 12.1. The highest BCUT2D eigenvalue weighted by molar-refractivity contribution is 6.04. The number of hydrogen-bond acceptors (Lipinski definition) is 5. The van der Waals surface area contributed by atoms with Gasteiger partial charge in [0.1, 0.15) is 12.4 Å². The Morgan fingerprint density at radius 1 is 1.15 bits per heavy atom. The fourth-order valence-corrected chi connectivity index (χ4v) is 2.39. The highest BCUT2D eigenvalue weighted by atomic mass is 16.6. The van der Waals surface area contributed by atoms with Crippen LogP contribution >= 0.6 is 0 Å². The van der Waals surface area contributed by atoms with E-state index in [1.54, 1.807) is 0 Å². The molecule has 3 amide bonds. The van der Waals surface area contributed by atoms with Crippen molar-refractivity contribution in [2.75, 3.05) is 26.2 Å². The van der Waals surface area contributed by atoms with Gasteiger partial charge >= 0.3 is 18.1 Å². The highest BCUT2D eigenvalue weighted by Gasteiger charge is 2.29. The van der Waals surface area contributed by atoms with Crippen LogP contribution in [0.25, 0.3) is 0 Å². The van der Waals surface area contributed by atoms with Crippen LogP contribution in [0.15, 0.2) is 30.3 Å². The first-order chi connectivity index (χ1) is 12.4. The largest absolute Gasteiger partial charge is 0.479 e. The van der Waals surface area contributed by atoms with Gasteiger partial charge in [0, 0.05) is 26.2 Å². The third-order valence-electron chi connectivity index (χ3n) is 3.86. The summed E-state index contributed by atoms with van der Waals surface area (Å²) >= 11 is 0. The summed E-state index contributed by atoms with van der Waals surface area (Å²) in [7, 11) is 0. The minimum Gasteiger partial charge on any atom is -0.479 e. The second-order valence-corrected chi connectivity index (χ2v) is 5.69. The lowest BCUT2D eigenvalue weighted by Crippen LogP contribution is -2.57. The molecule has 1 atom stereocenters. The monoisotopic (exact) mass is 363 g/mol. The molecule has 0 saturated carbocycles. The van der Waals surface area contributed by atoms with Crippen LogP contribution in [0.5, 0.6) is 0 Å². The van der Waals surface area contributed by atoms with Crippen LogP contribution in [0.2, 0.25) is 0 Å². The fraction of sp³-hybridized carbons (Fsp3) is 0.375. The smallest absolute Gasteiger partial charge is 0.410 e. The number of piperazine rings is 1. The number of nitrogens with zero attached hydrogens (tertiary/aromatic N) is 2. The molecular weight excluding hydrogens is 342 g/mol. The van der Waals surface area contributed by atoms with Gasteiger partial charge in [0.15, 0.2) is 6.04 Å². The van der Waals surface area contributed by atoms with E-state index in [2.05, 4.69) is 5.32 Å². The van der Waals surface area contributed by atoms with Gasteiger partial charge in [0.2, 0.25) is 0 Å². The average molecular weight is 363 g/mol. The number of carbonyl (C=O) groups is 3. The maximum Gasteiger partial charge on any atom is 0.410 e. The van der Waals surface area contributed by atoms with E-state index in [0.717, 1.165) is 5.56 Å². The van der Waals surface area contributed by atoms with Crippen LogP contribution in [0.4, 0.5) is 9.59 Å². The standard InChI is InChI=1S/C16H21N5O5/c17-13(18)12(14(22)23)19-15(24)20-6-8-21(9-7-20)16(25)26-10-11-4-2-1-3-5-11/h1-5,12H,6-10H2,(H3,17,18)(H,19,24)(H,22,23). The predicted octanol–water partition coefficient (Wildman–Crippen LogP) is 0.0396. The number of amides is 3. The Morgan fingerprint density at radius 3 is 2.27 bits per heavy atom. The summed E-state index contributed by atoms with van der Waals surface area (Å²) in [6, 6.07) is 7.06. The number of ether oxygens (including phenoxy) is 1. The summed E-state index contributed by atoms with van der Waals surface area (Å²) < 4.78 is 5.24. The van der Waals surface area contributed by atoms with Gasteiger partial charge in [-0.05, 0) is 5.56 Å². The van der Waals surface area contributed by atoms with Gasteiger partial charge < -0.3 is 30.7 Å². The van der Waals surface area contributed by atoms with Crippen molar-refractivity contribution in [1.82, 2.24) is 15.1 Å². The Labute approximate surface area is 150 Å². The molecule has 1 unspecified atom stereocenters. The normalized spacial score (nSPS) is 15.1. The van der Waals surface area contributed by atoms with Gasteiger partial charge in [-0.3, -0.25) is 5.41 Å². The first kappa shape index (κ1) is 19.0. The van der Waals surface area contributed by atoms with Crippen molar-refractivity contribution in [1.29, 1.82) is 5.41 Å². The Kier molecular flexibility index (Phi) is 6.36. The van der Waals surface area contributed by atoms with Crippen LogP contribution in [-0.2, 0) is 16.1 Å². The molecule has 10 nitrogen and oxygen atoms in total. The molecule has 0 radical (unpaired) electrons. The number of amidine groups is 1. The van der Waals surface area contributed by atoms with Gasteiger partial charge in [0.25, 0.3) is 0 Å². The van der Waals surface area contributed by atoms with Crippen molar-refractivity contribution in [2.24, 2.45) is 5.73 Å². The molecule has 1 aromatic rings. The van der Waals surface area contributed by atoms with E-state index >= 15 is 0 Å². The van der Waals surface area contributed by atoms with Crippen molar-refractivity contribution in [3.05, 3.63) is 35.9 Å². The molecular formula is C16H21N5O5. The summed E-state index contributed by atoms with van der Waals surface area (Å²) in [5.41, 5.74) is 6.04. The quantitative estimate of drug-likeness (QED) is 0.429. The fourth-order valence-electron chi connectivity index (χ4n) is 2.39. The van der Waals surface area contributed by atoms with E-state index in [1.165, 1.54) is 9.80 Å². The Morgan fingerprint density at radius 2 is 1.73 bits per heavy atom. The van der Waals surface area contributed by atoms with Crippen molar-refractivity contribution in [3.63, 3.8) is 0 Å². The molecule has 0 spiro atoms.